The van der Waals surface area contributed by atoms with Gasteiger partial charge in [0.25, 0.3) is 0 Å². The Morgan fingerprint density at radius 3 is 1.36 bits per heavy atom. The fourth-order valence-corrected chi connectivity index (χ4v) is 8.30. The molecular weight excluding hydrogens is 517 g/mol. The topological polar surface area (TPSA) is 40.5 Å². The van der Waals surface area contributed by atoms with E-state index < -0.39 is 0 Å². The molecule has 6 aromatic carbocycles. The number of rotatable bonds is 2. The molecule has 0 atom stereocenters. The van der Waals surface area contributed by atoms with Crippen LogP contribution in [-0.4, -0.2) is 10.2 Å². The van der Waals surface area contributed by atoms with Gasteiger partial charge in [0.2, 0.25) is 0 Å². The molecule has 4 heteroatoms. The maximum absolute atomic E-state index is 11.6. The van der Waals surface area contributed by atoms with Gasteiger partial charge in [-0.25, -0.2) is 0 Å². The summed E-state index contributed by atoms with van der Waals surface area (Å²) in [6, 6.07) is 30.7. The molecule has 0 saturated heterocycles. The summed E-state index contributed by atoms with van der Waals surface area (Å²) in [6.45, 7) is 6.51. The quantitative estimate of drug-likeness (QED) is 0.214. The summed E-state index contributed by atoms with van der Waals surface area (Å²) in [4.78, 5) is 2.69. The van der Waals surface area contributed by atoms with Crippen molar-refractivity contribution in [3.63, 3.8) is 0 Å². The molecule has 0 spiro atoms. The predicted molar refractivity (Wildman–Crippen MR) is 171 cm³/mol. The smallest absolute Gasteiger partial charge is 0.131 e. The number of thioether (sulfide) groups is 2. The number of fused-ring (bicyclic) bond motifs is 4. The summed E-state index contributed by atoms with van der Waals surface area (Å²) < 4.78 is 1.29. The van der Waals surface area contributed by atoms with Gasteiger partial charge in [-0.05, 0) is 80.5 Å². The lowest BCUT2D eigenvalue weighted by atomic mass is 9.85. The van der Waals surface area contributed by atoms with E-state index in [0.29, 0.717) is 11.5 Å². The van der Waals surface area contributed by atoms with Crippen molar-refractivity contribution < 1.29 is 10.2 Å². The predicted octanol–water partition coefficient (Wildman–Crippen LogP) is 10.8. The molecule has 1 heterocycles. The number of phenols is 2. The van der Waals surface area contributed by atoms with Gasteiger partial charge in [0.1, 0.15) is 11.5 Å². The zero-order chi connectivity index (χ0) is 26.8. The van der Waals surface area contributed by atoms with E-state index in [0.717, 1.165) is 59.8 Å². The van der Waals surface area contributed by atoms with E-state index in [4.69, 9.17) is 0 Å². The Hall–Kier alpha value is -3.86. The number of benzene rings is 6. The maximum Gasteiger partial charge on any atom is 0.131 e. The lowest BCUT2D eigenvalue weighted by Gasteiger charge is -2.19. The van der Waals surface area contributed by atoms with Crippen molar-refractivity contribution >= 4 is 72.2 Å². The molecule has 0 aromatic heterocycles. The Balaban J connectivity index is 1.62. The maximum atomic E-state index is 11.6. The van der Waals surface area contributed by atoms with Crippen LogP contribution in [0.2, 0.25) is 0 Å². The minimum Gasteiger partial charge on any atom is -0.507 e. The molecule has 0 bridgehead atoms. The summed E-state index contributed by atoms with van der Waals surface area (Å²) in [5.41, 5.74) is 4.47. The number of hydrogen-bond acceptors (Lipinski definition) is 4. The van der Waals surface area contributed by atoms with Crippen LogP contribution in [0.25, 0.3) is 59.8 Å². The third kappa shape index (κ3) is 3.66. The van der Waals surface area contributed by atoms with Gasteiger partial charge in [0.05, 0.1) is 4.24 Å². The second-order valence-corrected chi connectivity index (χ2v) is 12.8. The molecule has 2 N–H and O–H groups in total. The van der Waals surface area contributed by atoms with E-state index in [2.05, 4.69) is 57.2 Å². The van der Waals surface area contributed by atoms with Crippen LogP contribution in [0.1, 0.15) is 26.3 Å². The Morgan fingerprint density at radius 1 is 0.513 bits per heavy atom. The molecule has 0 unspecified atom stereocenters. The molecule has 0 fully saturated rings. The number of allylic oxidation sites excluding steroid dienone is 3. The van der Waals surface area contributed by atoms with E-state index in [1.807, 2.05) is 78.1 Å². The van der Waals surface area contributed by atoms with Crippen LogP contribution >= 0.6 is 23.5 Å². The van der Waals surface area contributed by atoms with Gasteiger partial charge in [-0.15, -0.1) is 0 Å². The normalized spacial score (nSPS) is 13.9. The first-order valence-corrected chi connectivity index (χ1v) is 14.6. The first kappa shape index (κ1) is 24.2. The van der Waals surface area contributed by atoms with Crippen molar-refractivity contribution in [3.8, 4) is 22.6 Å². The molecule has 0 aliphatic carbocycles. The highest BCUT2D eigenvalue weighted by atomic mass is 32.2. The Kier molecular flexibility index (Phi) is 5.66. The lowest BCUT2D eigenvalue weighted by molar-refractivity contribution is 0.487. The highest BCUT2D eigenvalue weighted by Gasteiger charge is 2.22. The molecule has 0 radical (unpaired) electrons. The fraction of sp³-hybridized carbons (Fsp3) is 0.0857. The van der Waals surface area contributed by atoms with Gasteiger partial charge in [0.15, 0.2) is 0 Å². The summed E-state index contributed by atoms with van der Waals surface area (Å²) >= 11 is 3.66. The summed E-state index contributed by atoms with van der Waals surface area (Å²) in [5, 5.41) is 30.1. The highest BCUT2D eigenvalue weighted by Crippen LogP contribution is 2.53. The molecule has 1 aliphatic rings. The fourth-order valence-electron chi connectivity index (χ4n) is 5.75. The molecule has 0 saturated carbocycles. The largest absolute Gasteiger partial charge is 0.507 e. The zero-order valence-corrected chi connectivity index (χ0v) is 23.5. The first-order chi connectivity index (χ1) is 18.9. The van der Waals surface area contributed by atoms with Crippen molar-refractivity contribution in [1.29, 1.82) is 0 Å². The number of phenolic OH excluding ortho intramolecular Hbond substituents is 2. The Labute approximate surface area is 235 Å². The van der Waals surface area contributed by atoms with Crippen LogP contribution in [0.3, 0.4) is 0 Å². The van der Waals surface area contributed by atoms with Gasteiger partial charge in [-0.3, -0.25) is 0 Å². The van der Waals surface area contributed by atoms with Crippen molar-refractivity contribution in [2.45, 2.75) is 20.8 Å². The Bertz CT molecular complexity index is 1990. The van der Waals surface area contributed by atoms with Gasteiger partial charge in [-0.1, -0.05) is 108 Å². The molecule has 2 nitrogen and oxygen atoms in total. The third-order valence-electron chi connectivity index (χ3n) is 7.88. The van der Waals surface area contributed by atoms with Crippen molar-refractivity contribution in [1.82, 2.24) is 0 Å². The lowest BCUT2D eigenvalue weighted by Crippen LogP contribution is -1.92. The zero-order valence-electron chi connectivity index (χ0n) is 21.9. The monoisotopic (exact) mass is 542 g/mol. The van der Waals surface area contributed by atoms with E-state index in [1.54, 1.807) is 0 Å². The van der Waals surface area contributed by atoms with Gasteiger partial charge >= 0.3 is 0 Å². The summed E-state index contributed by atoms with van der Waals surface area (Å²) in [5.74, 6) is 0.598. The van der Waals surface area contributed by atoms with Crippen molar-refractivity contribution in [3.05, 3.63) is 111 Å². The first-order valence-electron chi connectivity index (χ1n) is 13.0. The van der Waals surface area contributed by atoms with E-state index >= 15 is 0 Å². The summed E-state index contributed by atoms with van der Waals surface area (Å²) in [6.07, 6.45) is 0. The minimum atomic E-state index is 0.299. The van der Waals surface area contributed by atoms with Gasteiger partial charge in [-0.2, -0.15) is 0 Å². The number of aromatic hydroxyl groups is 2. The standard InChI is InChI=1S/C35H26O2S2/c1-19(35-38-20(2)21(3)39-35)22-16-17-26-30(18-22)34(37)29-15-9-6-12-25(29)32(26)31-23-10-4-7-13-27(23)33(36)28-14-8-5-11-24(28)31/h4-18,36-37H,1-3H3. The van der Waals surface area contributed by atoms with E-state index in [9.17, 15) is 10.2 Å². The van der Waals surface area contributed by atoms with Crippen LogP contribution in [0.15, 0.2) is 105 Å². The second kappa shape index (κ2) is 9.11. The van der Waals surface area contributed by atoms with E-state index in [1.165, 1.54) is 19.6 Å². The van der Waals surface area contributed by atoms with Crippen LogP contribution < -0.4 is 0 Å². The average Bonchev–Trinajstić information content (AvgIpc) is 3.31. The third-order valence-corrected chi connectivity index (χ3v) is 10.7. The molecule has 190 valence electrons. The molecule has 6 aromatic rings. The van der Waals surface area contributed by atoms with E-state index in [-0.39, 0.29) is 0 Å². The summed E-state index contributed by atoms with van der Waals surface area (Å²) in [7, 11) is 0. The molecule has 0 amide bonds. The average molecular weight is 543 g/mol. The Morgan fingerprint density at radius 2 is 0.897 bits per heavy atom. The van der Waals surface area contributed by atoms with Crippen LogP contribution in [-0.2, 0) is 0 Å². The minimum absolute atomic E-state index is 0.299. The molecule has 39 heavy (non-hydrogen) atoms. The SMILES string of the molecule is CC1=C(C)SC(=C(C)c2ccc3c(-c4c5ccccc5c(O)c5ccccc45)c4ccccc4c(O)c3c2)S1. The van der Waals surface area contributed by atoms with Crippen molar-refractivity contribution in [2.24, 2.45) is 0 Å². The van der Waals surface area contributed by atoms with Gasteiger partial charge < -0.3 is 10.2 Å². The van der Waals surface area contributed by atoms with Crippen LogP contribution in [0, 0.1) is 0 Å². The van der Waals surface area contributed by atoms with Crippen LogP contribution in [0.5, 0.6) is 11.5 Å². The van der Waals surface area contributed by atoms with Crippen molar-refractivity contribution in [2.75, 3.05) is 0 Å². The van der Waals surface area contributed by atoms with Crippen LogP contribution in [0.4, 0.5) is 0 Å². The van der Waals surface area contributed by atoms with Gasteiger partial charge in [0, 0.05) is 21.5 Å². The second-order valence-electron chi connectivity index (χ2n) is 10.1. The highest BCUT2D eigenvalue weighted by molar-refractivity contribution is 8.28. The molecule has 7 rings (SSSR count). The number of hydrogen-bond donors (Lipinski definition) is 2. The molecular formula is C35H26O2S2. The molecule has 1 aliphatic heterocycles.